The minimum absolute atomic E-state index is 0.127. The maximum Gasteiger partial charge on any atom is 0.341 e. The zero-order chi connectivity index (χ0) is 18.5. The van der Waals surface area contributed by atoms with E-state index in [1.54, 1.807) is 12.1 Å². The van der Waals surface area contributed by atoms with E-state index in [0.29, 0.717) is 29.0 Å². The second-order valence-electron chi connectivity index (χ2n) is 7.09. The number of halogens is 1. The van der Waals surface area contributed by atoms with Gasteiger partial charge < -0.3 is 13.9 Å². The molecule has 24 heavy (non-hydrogen) atoms. The molecule has 0 saturated carbocycles. The highest BCUT2D eigenvalue weighted by atomic mass is 79.9. The summed E-state index contributed by atoms with van der Waals surface area (Å²) in [6, 6.07) is 3.68. The summed E-state index contributed by atoms with van der Waals surface area (Å²) < 4.78 is 17.4. The third-order valence-electron chi connectivity index (χ3n) is 4.26. The van der Waals surface area contributed by atoms with E-state index < -0.39 is 14.3 Å². The second-order valence-corrected chi connectivity index (χ2v) is 12.8. The molecule has 0 radical (unpaired) electrons. The van der Waals surface area contributed by atoms with Crippen molar-refractivity contribution in [2.24, 2.45) is 0 Å². The summed E-state index contributed by atoms with van der Waals surface area (Å²) in [6.07, 6.45) is 1.63. The van der Waals surface area contributed by atoms with Crippen molar-refractivity contribution in [1.29, 1.82) is 0 Å². The number of methoxy groups -OCH3 is 1. The van der Waals surface area contributed by atoms with E-state index in [9.17, 15) is 4.79 Å². The fourth-order valence-corrected chi connectivity index (χ4v) is 3.35. The predicted molar refractivity (Wildman–Crippen MR) is 103 cm³/mol. The Morgan fingerprint density at radius 3 is 2.46 bits per heavy atom. The molecule has 0 aliphatic heterocycles. The first-order valence-electron chi connectivity index (χ1n) is 7.82. The highest BCUT2D eigenvalue weighted by molar-refractivity contribution is 9.10. The Kier molecular flexibility index (Phi) is 7.25. The molecule has 0 aliphatic rings. The molecule has 0 N–H and O–H groups in total. The molecular formula is C18H27BrO4Si. The molecule has 1 aromatic carbocycles. The van der Waals surface area contributed by atoms with Gasteiger partial charge in [0.15, 0.2) is 8.32 Å². The Bertz CT molecular complexity index is 606. The van der Waals surface area contributed by atoms with Crippen LogP contribution < -0.4 is 4.74 Å². The van der Waals surface area contributed by atoms with Gasteiger partial charge >= 0.3 is 5.97 Å². The zero-order valence-electron chi connectivity index (χ0n) is 15.4. The molecule has 134 valence electrons. The summed E-state index contributed by atoms with van der Waals surface area (Å²) in [5.41, 5.74) is 1.28. The van der Waals surface area contributed by atoms with Crippen LogP contribution in [0.4, 0.5) is 0 Å². The summed E-state index contributed by atoms with van der Waals surface area (Å²) in [6.45, 7) is 15.4. The van der Waals surface area contributed by atoms with Gasteiger partial charge in [-0.05, 0) is 51.8 Å². The van der Waals surface area contributed by atoms with Gasteiger partial charge in [-0.1, -0.05) is 33.4 Å². The Morgan fingerprint density at radius 2 is 1.96 bits per heavy atom. The number of carbonyl (C=O) groups excluding carboxylic acids is 1. The first-order chi connectivity index (χ1) is 11.0. The van der Waals surface area contributed by atoms with Crippen LogP contribution in [0.2, 0.25) is 18.1 Å². The van der Waals surface area contributed by atoms with E-state index in [1.807, 2.05) is 6.07 Å². The number of hydrogen-bond donors (Lipinski definition) is 0. The summed E-state index contributed by atoms with van der Waals surface area (Å²) in [4.78, 5) is 12.1. The van der Waals surface area contributed by atoms with Crippen LogP contribution in [0.3, 0.4) is 0 Å². The Morgan fingerprint density at radius 1 is 1.33 bits per heavy atom. The van der Waals surface area contributed by atoms with Crippen LogP contribution in [0.5, 0.6) is 5.75 Å². The van der Waals surface area contributed by atoms with E-state index in [1.165, 1.54) is 7.11 Å². The molecular weight excluding hydrogens is 388 g/mol. The SMILES string of the molecule is C=CCOc1c(Br)cc(CO[Si](C)(C)C(C)(C)C)cc1C(=O)OC. The minimum Gasteiger partial charge on any atom is -0.487 e. The van der Waals surface area contributed by atoms with E-state index in [0.717, 1.165) is 5.56 Å². The highest BCUT2D eigenvalue weighted by Crippen LogP contribution is 2.38. The molecule has 0 fully saturated rings. The third kappa shape index (κ3) is 5.19. The van der Waals surface area contributed by atoms with E-state index in [-0.39, 0.29) is 5.04 Å². The minimum atomic E-state index is -1.87. The molecule has 0 atom stereocenters. The molecule has 4 nitrogen and oxygen atoms in total. The van der Waals surface area contributed by atoms with Crippen molar-refractivity contribution in [3.63, 3.8) is 0 Å². The maximum atomic E-state index is 12.1. The quantitative estimate of drug-likeness (QED) is 0.343. The summed E-state index contributed by atoms with van der Waals surface area (Å²) >= 11 is 3.47. The van der Waals surface area contributed by atoms with Crippen molar-refractivity contribution in [2.45, 2.75) is 45.5 Å². The van der Waals surface area contributed by atoms with Crippen molar-refractivity contribution in [1.82, 2.24) is 0 Å². The molecule has 0 aromatic heterocycles. The van der Waals surface area contributed by atoms with Gasteiger partial charge in [-0.2, -0.15) is 0 Å². The number of carbonyl (C=O) groups is 1. The maximum absolute atomic E-state index is 12.1. The van der Waals surface area contributed by atoms with Crippen LogP contribution in [0, 0.1) is 0 Å². The number of rotatable bonds is 7. The number of benzene rings is 1. The lowest BCUT2D eigenvalue weighted by Gasteiger charge is -2.36. The lowest BCUT2D eigenvalue weighted by molar-refractivity contribution is 0.0596. The fraction of sp³-hybridized carbons (Fsp3) is 0.500. The predicted octanol–water partition coefficient (Wildman–Crippen LogP) is 5.32. The van der Waals surface area contributed by atoms with Crippen molar-refractivity contribution >= 4 is 30.2 Å². The van der Waals surface area contributed by atoms with Crippen LogP contribution in [0.15, 0.2) is 29.3 Å². The average molecular weight is 415 g/mol. The van der Waals surface area contributed by atoms with Crippen molar-refractivity contribution in [3.05, 3.63) is 40.4 Å². The number of ether oxygens (including phenoxy) is 2. The zero-order valence-corrected chi connectivity index (χ0v) is 18.0. The fourth-order valence-electron chi connectivity index (χ4n) is 1.76. The monoisotopic (exact) mass is 414 g/mol. The molecule has 0 unspecified atom stereocenters. The third-order valence-corrected chi connectivity index (χ3v) is 9.33. The first kappa shape index (κ1) is 20.9. The van der Waals surface area contributed by atoms with Gasteiger partial charge in [-0.15, -0.1) is 0 Å². The summed E-state index contributed by atoms with van der Waals surface area (Å²) in [5, 5.41) is 0.127. The van der Waals surface area contributed by atoms with Gasteiger partial charge in [0, 0.05) is 0 Å². The highest BCUT2D eigenvalue weighted by Gasteiger charge is 2.37. The molecule has 0 saturated heterocycles. The lowest BCUT2D eigenvalue weighted by Crippen LogP contribution is -2.40. The van der Waals surface area contributed by atoms with E-state index in [2.05, 4.69) is 56.4 Å². The molecule has 0 aliphatic carbocycles. The average Bonchev–Trinajstić information content (AvgIpc) is 2.49. The first-order valence-corrected chi connectivity index (χ1v) is 11.5. The van der Waals surface area contributed by atoms with Crippen LogP contribution in [-0.2, 0) is 15.8 Å². The Hall–Kier alpha value is -1.11. The topological polar surface area (TPSA) is 44.8 Å². The lowest BCUT2D eigenvalue weighted by atomic mass is 10.1. The smallest absolute Gasteiger partial charge is 0.341 e. The molecule has 1 aromatic rings. The van der Waals surface area contributed by atoms with Gasteiger partial charge in [0.25, 0.3) is 0 Å². The number of hydrogen-bond acceptors (Lipinski definition) is 4. The van der Waals surface area contributed by atoms with Crippen molar-refractivity contribution in [2.75, 3.05) is 13.7 Å². The van der Waals surface area contributed by atoms with Crippen LogP contribution in [0.1, 0.15) is 36.7 Å². The second kappa shape index (κ2) is 8.32. The number of esters is 1. The molecule has 0 heterocycles. The van der Waals surface area contributed by atoms with Gasteiger partial charge in [0.2, 0.25) is 0 Å². The molecule has 0 bridgehead atoms. The molecule has 1 rings (SSSR count). The summed E-state index contributed by atoms with van der Waals surface area (Å²) in [7, 11) is -0.515. The Labute approximate surface area is 154 Å². The molecule has 6 heteroatoms. The van der Waals surface area contributed by atoms with E-state index in [4.69, 9.17) is 13.9 Å². The molecule has 0 spiro atoms. The van der Waals surface area contributed by atoms with Crippen LogP contribution in [-0.4, -0.2) is 28.0 Å². The van der Waals surface area contributed by atoms with Crippen molar-refractivity contribution < 1.29 is 18.7 Å². The molecule has 0 amide bonds. The normalized spacial score (nSPS) is 12.0. The largest absolute Gasteiger partial charge is 0.487 e. The van der Waals surface area contributed by atoms with Crippen LogP contribution >= 0.6 is 15.9 Å². The van der Waals surface area contributed by atoms with Gasteiger partial charge in [-0.25, -0.2) is 4.79 Å². The van der Waals surface area contributed by atoms with Crippen LogP contribution in [0.25, 0.3) is 0 Å². The van der Waals surface area contributed by atoms with Gasteiger partial charge in [0.1, 0.15) is 17.9 Å². The summed E-state index contributed by atoms with van der Waals surface area (Å²) in [5.74, 6) is 0.0155. The van der Waals surface area contributed by atoms with Gasteiger partial charge in [-0.3, -0.25) is 0 Å². The van der Waals surface area contributed by atoms with Crippen molar-refractivity contribution in [3.8, 4) is 5.75 Å². The van der Waals surface area contributed by atoms with E-state index >= 15 is 0 Å². The standard InChI is InChI=1S/C18H27BrO4Si/c1-8-9-22-16-14(17(20)21-5)10-13(11-15(16)19)12-23-24(6,7)18(2,3)4/h8,10-11H,1,9,12H2,2-7H3. The van der Waals surface area contributed by atoms with Gasteiger partial charge in [0.05, 0.1) is 18.2 Å². The Balaban J connectivity index is 3.12.